The Kier molecular flexibility index (Phi) is 5.32. The van der Waals surface area contributed by atoms with Gasteiger partial charge in [-0.05, 0) is 74.6 Å². The van der Waals surface area contributed by atoms with Crippen LogP contribution in [-0.4, -0.2) is 15.7 Å². The van der Waals surface area contributed by atoms with Crippen molar-refractivity contribution in [3.8, 4) is 11.3 Å². The Balaban J connectivity index is 1.79. The number of hydrogen-bond acceptors (Lipinski definition) is 3. The number of hydrogen-bond donors (Lipinski definition) is 1. The summed E-state index contributed by atoms with van der Waals surface area (Å²) in [5.74, 6) is 0.131. The molecule has 2 aromatic rings. The molecule has 1 saturated carbocycles. The van der Waals surface area contributed by atoms with Gasteiger partial charge in [0.05, 0.1) is 11.7 Å². The summed E-state index contributed by atoms with van der Waals surface area (Å²) in [6.07, 6.45) is 7.98. The average molecular weight is 394 g/mol. The van der Waals surface area contributed by atoms with Gasteiger partial charge in [0.15, 0.2) is 0 Å². The first-order chi connectivity index (χ1) is 13.9. The largest absolute Gasteiger partial charge is 0.326 e. The third kappa shape index (κ3) is 3.87. The Bertz CT molecular complexity index is 986. The second-order valence-corrected chi connectivity index (χ2v) is 9.13. The van der Waals surface area contributed by atoms with Crippen LogP contribution in [0.3, 0.4) is 0 Å². The van der Waals surface area contributed by atoms with Gasteiger partial charge in [-0.2, -0.15) is 5.10 Å². The third-order valence-corrected chi connectivity index (χ3v) is 6.49. The van der Waals surface area contributed by atoms with Crippen LogP contribution in [-0.2, 0) is 17.6 Å². The summed E-state index contributed by atoms with van der Waals surface area (Å²) in [4.78, 5) is 24.9. The highest BCUT2D eigenvalue weighted by atomic mass is 16.1. The Hall–Kier alpha value is -2.43. The van der Waals surface area contributed by atoms with Gasteiger partial charge in [0, 0.05) is 23.7 Å². The van der Waals surface area contributed by atoms with Crippen molar-refractivity contribution < 1.29 is 4.79 Å². The molecule has 1 spiro atoms. The van der Waals surface area contributed by atoms with E-state index in [0.29, 0.717) is 6.42 Å². The van der Waals surface area contributed by atoms with Gasteiger partial charge in [-0.25, -0.2) is 4.68 Å². The zero-order valence-corrected chi connectivity index (χ0v) is 17.8. The zero-order valence-electron chi connectivity index (χ0n) is 17.8. The van der Waals surface area contributed by atoms with Gasteiger partial charge in [-0.1, -0.05) is 25.8 Å². The molecule has 2 heterocycles. The Labute approximate surface area is 172 Å². The number of carbonyl (C=O) groups excluding carboxylic acids is 1. The number of rotatable bonds is 5. The molecule has 1 amide bonds. The van der Waals surface area contributed by atoms with Crippen molar-refractivity contribution in [2.45, 2.75) is 78.2 Å². The predicted octanol–water partition coefficient (Wildman–Crippen LogP) is 4.89. The maximum Gasteiger partial charge on any atom is 0.267 e. The van der Waals surface area contributed by atoms with Crippen molar-refractivity contribution in [2.75, 3.05) is 5.32 Å². The molecule has 5 nitrogen and oxygen atoms in total. The smallest absolute Gasteiger partial charge is 0.267 e. The van der Waals surface area contributed by atoms with E-state index in [0.717, 1.165) is 61.0 Å². The first-order valence-corrected chi connectivity index (χ1v) is 11.0. The lowest BCUT2D eigenvalue weighted by Crippen LogP contribution is -2.33. The number of nitrogens with zero attached hydrogens (tertiary/aromatic N) is 2. The van der Waals surface area contributed by atoms with Crippen molar-refractivity contribution >= 4 is 11.6 Å². The van der Waals surface area contributed by atoms with Crippen molar-refractivity contribution in [3.05, 3.63) is 45.7 Å². The van der Waals surface area contributed by atoms with Gasteiger partial charge >= 0.3 is 0 Å². The molecule has 1 aliphatic carbocycles. The van der Waals surface area contributed by atoms with Crippen LogP contribution in [0.15, 0.2) is 29.1 Å². The summed E-state index contributed by atoms with van der Waals surface area (Å²) in [7, 11) is 0. The van der Waals surface area contributed by atoms with E-state index in [1.807, 2.05) is 26.0 Å². The lowest BCUT2D eigenvalue weighted by Gasteiger charge is -2.40. The number of aromatic nitrogens is 2. The molecule has 0 atom stereocenters. The molecule has 5 heteroatoms. The summed E-state index contributed by atoms with van der Waals surface area (Å²) in [6, 6.07) is 8.01. The number of nitrogens with one attached hydrogen (secondary N) is 1. The monoisotopic (exact) mass is 393 g/mol. The fourth-order valence-corrected chi connectivity index (χ4v) is 4.72. The molecule has 2 aliphatic rings. The zero-order chi connectivity index (χ0) is 20.6. The Morgan fingerprint density at radius 2 is 1.97 bits per heavy atom. The van der Waals surface area contributed by atoms with E-state index in [1.54, 1.807) is 10.7 Å². The maximum atomic E-state index is 12.5. The van der Waals surface area contributed by atoms with Crippen LogP contribution in [0.1, 0.15) is 76.5 Å². The van der Waals surface area contributed by atoms with Crippen molar-refractivity contribution in [1.29, 1.82) is 0 Å². The number of fused-ring (bicyclic) bond motifs is 1. The molecule has 0 radical (unpaired) electrons. The SMILES string of the molecule is CCCCc1cc(=O)n(C(C)C)nc1-c1ccc2c(c1)CC1(CCC1)CC(=O)N2. The minimum atomic E-state index is -0.0368. The topological polar surface area (TPSA) is 64.0 Å². The van der Waals surface area contributed by atoms with Gasteiger partial charge in [-0.15, -0.1) is 0 Å². The molecular formula is C24H31N3O2. The third-order valence-electron chi connectivity index (χ3n) is 6.49. The molecule has 1 aliphatic heterocycles. The standard InChI is InChI=1S/C24H31N3O2/c1-4-5-7-17-13-22(29)27(16(2)3)26-23(17)18-8-9-20-19(12-18)14-24(10-6-11-24)15-21(28)25-20/h8-9,12-13,16H,4-7,10-11,14-15H2,1-3H3,(H,25,28). The summed E-state index contributed by atoms with van der Waals surface area (Å²) < 4.78 is 1.58. The normalized spacial score (nSPS) is 17.6. The average Bonchev–Trinajstić information content (AvgIpc) is 2.81. The van der Waals surface area contributed by atoms with Gasteiger partial charge in [-0.3, -0.25) is 9.59 Å². The van der Waals surface area contributed by atoms with Crippen LogP contribution in [0.5, 0.6) is 0 Å². The fraction of sp³-hybridized carbons (Fsp3) is 0.542. The van der Waals surface area contributed by atoms with E-state index in [2.05, 4.69) is 18.3 Å². The maximum absolute atomic E-state index is 12.5. The Morgan fingerprint density at radius 3 is 2.62 bits per heavy atom. The first kappa shape index (κ1) is 19.9. The summed E-state index contributed by atoms with van der Waals surface area (Å²) >= 11 is 0. The molecule has 1 aromatic carbocycles. The number of amides is 1. The van der Waals surface area contributed by atoms with Crippen LogP contribution < -0.4 is 10.9 Å². The van der Waals surface area contributed by atoms with Gasteiger partial charge in [0.25, 0.3) is 5.56 Å². The Morgan fingerprint density at radius 1 is 1.17 bits per heavy atom. The molecule has 0 saturated heterocycles. The molecule has 0 unspecified atom stereocenters. The molecule has 0 bridgehead atoms. The number of unbranched alkanes of at least 4 members (excludes halogenated alkanes) is 1. The lowest BCUT2D eigenvalue weighted by molar-refractivity contribution is -0.119. The summed E-state index contributed by atoms with van der Waals surface area (Å²) in [5.41, 5.74) is 5.16. The lowest BCUT2D eigenvalue weighted by atomic mass is 9.63. The van der Waals surface area contributed by atoms with Gasteiger partial charge in [0.1, 0.15) is 0 Å². The highest BCUT2D eigenvalue weighted by Crippen LogP contribution is 2.49. The second-order valence-electron chi connectivity index (χ2n) is 9.13. The fourth-order valence-electron chi connectivity index (χ4n) is 4.72. The van der Waals surface area contributed by atoms with E-state index in [-0.39, 0.29) is 22.9 Å². The quantitative estimate of drug-likeness (QED) is 0.787. The van der Waals surface area contributed by atoms with E-state index in [1.165, 1.54) is 12.0 Å². The van der Waals surface area contributed by atoms with Crippen LogP contribution >= 0.6 is 0 Å². The summed E-state index contributed by atoms with van der Waals surface area (Å²) in [5, 5.41) is 7.87. The van der Waals surface area contributed by atoms with E-state index >= 15 is 0 Å². The number of aryl methyl sites for hydroxylation is 1. The minimum Gasteiger partial charge on any atom is -0.326 e. The number of anilines is 1. The van der Waals surface area contributed by atoms with Gasteiger partial charge in [0.2, 0.25) is 5.91 Å². The highest BCUT2D eigenvalue weighted by Gasteiger charge is 2.41. The molecule has 29 heavy (non-hydrogen) atoms. The molecule has 154 valence electrons. The number of carbonyl (C=O) groups is 1. The first-order valence-electron chi connectivity index (χ1n) is 11.0. The van der Waals surface area contributed by atoms with E-state index in [9.17, 15) is 9.59 Å². The molecule has 1 fully saturated rings. The number of benzene rings is 1. The van der Waals surface area contributed by atoms with E-state index in [4.69, 9.17) is 5.10 Å². The van der Waals surface area contributed by atoms with Crippen molar-refractivity contribution in [2.24, 2.45) is 5.41 Å². The van der Waals surface area contributed by atoms with Crippen LogP contribution in [0.25, 0.3) is 11.3 Å². The minimum absolute atomic E-state index is 0.0137. The van der Waals surface area contributed by atoms with Crippen LogP contribution in [0, 0.1) is 5.41 Å². The van der Waals surface area contributed by atoms with Crippen LogP contribution in [0.4, 0.5) is 5.69 Å². The van der Waals surface area contributed by atoms with Crippen LogP contribution in [0.2, 0.25) is 0 Å². The molecule has 1 aromatic heterocycles. The predicted molar refractivity (Wildman–Crippen MR) is 116 cm³/mol. The second kappa shape index (κ2) is 7.77. The molecule has 4 rings (SSSR count). The van der Waals surface area contributed by atoms with Gasteiger partial charge < -0.3 is 5.32 Å². The van der Waals surface area contributed by atoms with E-state index < -0.39 is 0 Å². The highest BCUT2D eigenvalue weighted by molar-refractivity contribution is 5.93. The summed E-state index contributed by atoms with van der Waals surface area (Å²) in [6.45, 7) is 6.12. The molecular weight excluding hydrogens is 362 g/mol. The molecule has 1 N–H and O–H groups in total. The van der Waals surface area contributed by atoms with Crippen molar-refractivity contribution in [3.63, 3.8) is 0 Å². The van der Waals surface area contributed by atoms with Crippen molar-refractivity contribution in [1.82, 2.24) is 9.78 Å².